The molecule has 0 aliphatic carbocycles. The molecule has 3 rings (SSSR count). The highest BCUT2D eigenvalue weighted by atomic mass is 16.5. The third-order valence-electron chi connectivity index (χ3n) is 4.21. The van der Waals surface area contributed by atoms with Gasteiger partial charge >= 0.3 is 0 Å². The molecule has 0 saturated heterocycles. The summed E-state index contributed by atoms with van der Waals surface area (Å²) in [6, 6.07) is 17.5. The van der Waals surface area contributed by atoms with Crippen LogP contribution >= 0.6 is 0 Å². The number of rotatable bonds is 5. The van der Waals surface area contributed by atoms with Gasteiger partial charge in [-0.25, -0.2) is 0 Å². The third-order valence-corrected chi connectivity index (χ3v) is 4.21. The van der Waals surface area contributed by atoms with Crippen LogP contribution in [0.3, 0.4) is 0 Å². The molecule has 1 atom stereocenters. The van der Waals surface area contributed by atoms with Crippen molar-refractivity contribution in [2.75, 3.05) is 0 Å². The Balaban J connectivity index is 1.98. The highest BCUT2D eigenvalue weighted by Crippen LogP contribution is 2.42. The minimum Gasteiger partial charge on any atom is -0.457 e. The number of fused-ring (bicyclic) bond motifs is 2. The van der Waals surface area contributed by atoms with E-state index in [1.165, 1.54) is 24.0 Å². The Hall–Kier alpha value is -1.80. The number of benzene rings is 2. The van der Waals surface area contributed by atoms with E-state index in [9.17, 15) is 0 Å². The first-order chi connectivity index (χ1) is 10.3. The summed E-state index contributed by atoms with van der Waals surface area (Å²) in [6.45, 7) is 4.50. The average molecular weight is 281 g/mol. The largest absolute Gasteiger partial charge is 0.457 e. The fraction of sp³-hybridized carbons (Fsp3) is 0.368. The second-order valence-corrected chi connectivity index (χ2v) is 5.67. The van der Waals surface area contributed by atoms with Crippen LogP contribution in [0.5, 0.6) is 11.5 Å². The van der Waals surface area contributed by atoms with Crippen LogP contribution in [0.2, 0.25) is 0 Å². The summed E-state index contributed by atoms with van der Waals surface area (Å²) in [5.41, 5.74) is 2.48. The molecular formula is C19H23NO. The Kier molecular flexibility index (Phi) is 4.26. The van der Waals surface area contributed by atoms with E-state index in [-0.39, 0.29) is 6.04 Å². The molecule has 0 aromatic heterocycles. The first-order valence-electron chi connectivity index (χ1n) is 7.95. The van der Waals surface area contributed by atoms with Crippen molar-refractivity contribution in [1.82, 2.24) is 5.32 Å². The van der Waals surface area contributed by atoms with Gasteiger partial charge in [0.25, 0.3) is 0 Å². The zero-order chi connectivity index (χ0) is 14.7. The van der Waals surface area contributed by atoms with Gasteiger partial charge < -0.3 is 10.1 Å². The van der Waals surface area contributed by atoms with E-state index >= 15 is 0 Å². The van der Waals surface area contributed by atoms with Crippen LogP contribution < -0.4 is 10.1 Å². The van der Waals surface area contributed by atoms with Crippen molar-refractivity contribution in [2.24, 2.45) is 0 Å². The SMILES string of the molecule is CCCC(CC)NC1c2ccccc2Oc2ccccc21. The molecule has 21 heavy (non-hydrogen) atoms. The van der Waals surface area contributed by atoms with Crippen LogP contribution in [-0.4, -0.2) is 6.04 Å². The van der Waals surface area contributed by atoms with E-state index in [0.717, 1.165) is 17.9 Å². The van der Waals surface area contributed by atoms with Crippen LogP contribution in [0.15, 0.2) is 48.5 Å². The lowest BCUT2D eigenvalue weighted by molar-refractivity contribution is 0.386. The maximum Gasteiger partial charge on any atom is 0.132 e. The molecular weight excluding hydrogens is 258 g/mol. The number of nitrogens with one attached hydrogen (secondary N) is 1. The maximum absolute atomic E-state index is 6.04. The van der Waals surface area contributed by atoms with Crippen molar-refractivity contribution in [1.29, 1.82) is 0 Å². The minimum absolute atomic E-state index is 0.225. The van der Waals surface area contributed by atoms with E-state index < -0.39 is 0 Å². The summed E-state index contributed by atoms with van der Waals surface area (Å²) >= 11 is 0. The van der Waals surface area contributed by atoms with E-state index in [1.807, 2.05) is 12.1 Å². The Morgan fingerprint density at radius 1 is 0.952 bits per heavy atom. The summed E-state index contributed by atoms with van der Waals surface area (Å²) in [6.07, 6.45) is 3.56. The van der Waals surface area contributed by atoms with E-state index in [0.29, 0.717) is 6.04 Å². The fourth-order valence-corrected chi connectivity index (χ4v) is 3.08. The van der Waals surface area contributed by atoms with Crippen molar-refractivity contribution >= 4 is 0 Å². The lowest BCUT2D eigenvalue weighted by Gasteiger charge is -2.32. The third kappa shape index (κ3) is 2.81. The lowest BCUT2D eigenvalue weighted by Crippen LogP contribution is -2.34. The summed E-state index contributed by atoms with van der Waals surface area (Å²) in [4.78, 5) is 0. The molecule has 1 heterocycles. The molecule has 0 fully saturated rings. The molecule has 0 amide bonds. The average Bonchev–Trinajstić information content (AvgIpc) is 2.53. The van der Waals surface area contributed by atoms with Crippen LogP contribution in [-0.2, 0) is 0 Å². The molecule has 1 N–H and O–H groups in total. The van der Waals surface area contributed by atoms with Crippen LogP contribution in [0, 0.1) is 0 Å². The molecule has 1 aliphatic rings. The molecule has 1 unspecified atom stereocenters. The van der Waals surface area contributed by atoms with Crippen molar-refractivity contribution in [3.8, 4) is 11.5 Å². The maximum atomic E-state index is 6.04. The molecule has 2 heteroatoms. The second-order valence-electron chi connectivity index (χ2n) is 5.67. The number of ether oxygens (including phenoxy) is 1. The Labute approximate surface area is 127 Å². The fourth-order valence-electron chi connectivity index (χ4n) is 3.08. The first-order valence-corrected chi connectivity index (χ1v) is 7.95. The zero-order valence-corrected chi connectivity index (χ0v) is 12.8. The molecule has 0 bridgehead atoms. The van der Waals surface area contributed by atoms with Crippen LogP contribution in [0.4, 0.5) is 0 Å². The summed E-state index contributed by atoms with van der Waals surface area (Å²) in [5, 5.41) is 3.84. The summed E-state index contributed by atoms with van der Waals surface area (Å²) < 4.78 is 6.04. The monoisotopic (exact) mass is 281 g/mol. The van der Waals surface area contributed by atoms with Crippen LogP contribution in [0.25, 0.3) is 0 Å². The van der Waals surface area contributed by atoms with E-state index in [2.05, 4.69) is 55.6 Å². The van der Waals surface area contributed by atoms with Gasteiger partial charge in [-0.05, 0) is 25.0 Å². The van der Waals surface area contributed by atoms with Crippen molar-refractivity contribution in [3.63, 3.8) is 0 Å². The van der Waals surface area contributed by atoms with Gasteiger partial charge in [-0.1, -0.05) is 56.7 Å². The van der Waals surface area contributed by atoms with Crippen molar-refractivity contribution < 1.29 is 4.74 Å². The summed E-state index contributed by atoms with van der Waals surface area (Å²) in [5.74, 6) is 1.94. The van der Waals surface area contributed by atoms with Gasteiger partial charge in [0.15, 0.2) is 0 Å². The number of hydrogen-bond acceptors (Lipinski definition) is 2. The standard InChI is InChI=1S/C19H23NO/c1-3-9-14(4-2)20-19-15-10-5-7-12-17(15)21-18-13-8-6-11-16(18)19/h5-8,10-14,19-20H,3-4,9H2,1-2H3. The first kappa shape index (κ1) is 14.2. The topological polar surface area (TPSA) is 21.3 Å². The van der Waals surface area contributed by atoms with Gasteiger partial charge in [-0.15, -0.1) is 0 Å². The van der Waals surface area contributed by atoms with Gasteiger partial charge in [0, 0.05) is 17.2 Å². The van der Waals surface area contributed by atoms with Crippen molar-refractivity contribution in [2.45, 2.75) is 45.2 Å². The van der Waals surface area contributed by atoms with Gasteiger partial charge in [0.1, 0.15) is 11.5 Å². The lowest BCUT2D eigenvalue weighted by atomic mass is 9.93. The van der Waals surface area contributed by atoms with Gasteiger partial charge in [-0.2, -0.15) is 0 Å². The van der Waals surface area contributed by atoms with Gasteiger partial charge in [0.05, 0.1) is 6.04 Å². The van der Waals surface area contributed by atoms with E-state index in [1.54, 1.807) is 0 Å². The highest BCUT2D eigenvalue weighted by Gasteiger charge is 2.27. The molecule has 0 radical (unpaired) electrons. The zero-order valence-electron chi connectivity index (χ0n) is 12.8. The normalized spacial score (nSPS) is 15.0. The smallest absolute Gasteiger partial charge is 0.132 e. The molecule has 1 aliphatic heterocycles. The highest BCUT2D eigenvalue weighted by molar-refractivity contribution is 5.52. The Bertz CT molecular complexity index is 563. The molecule has 110 valence electrons. The predicted octanol–water partition coefficient (Wildman–Crippen LogP) is 5.05. The molecule has 2 aromatic rings. The predicted molar refractivity (Wildman–Crippen MR) is 86.9 cm³/mol. The number of hydrogen-bond donors (Lipinski definition) is 1. The quantitative estimate of drug-likeness (QED) is 0.828. The van der Waals surface area contributed by atoms with E-state index in [4.69, 9.17) is 4.74 Å². The minimum atomic E-state index is 0.225. The van der Waals surface area contributed by atoms with Gasteiger partial charge in [0.2, 0.25) is 0 Å². The van der Waals surface area contributed by atoms with Crippen LogP contribution in [0.1, 0.15) is 50.3 Å². The van der Waals surface area contributed by atoms with Gasteiger partial charge in [-0.3, -0.25) is 0 Å². The molecule has 2 nitrogen and oxygen atoms in total. The summed E-state index contributed by atoms with van der Waals surface area (Å²) in [7, 11) is 0. The Morgan fingerprint density at radius 3 is 2.05 bits per heavy atom. The molecule has 0 spiro atoms. The second kappa shape index (κ2) is 6.31. The number of para-hydroxylation sites is 2. The van der Waals surface area contributed by atoms with Crippen molar-refractivity contribution in [3.05, 3.63) is 59.7 Å². The molecule has 2 aromatic carbocycles. The molecule has 0 saturated carbocycles. The Morgan fingerprint density at radius 2 is 1.52 bits per heavy atom.